The molecular weight excluding hydrogens is 260 g/mol. The van der Waals surface area contributed by atoms with Crippen molar-refractivity contribution in [2.45, 2.75) is 25.8 Å². The van der Waals surface area contributed by atoms with Gasteiger partial charge >= 0.3 is 5.97 Å². The molecule has 2 heterocycles. The van der Waals surface area contributed by atoms with E-state index < -0.39 is 17.9 Å². The van der Waals surface area contributed by atoms with Gasteiger partial charge in [0.2, 0.25) is 5.91 Å². The minimum Gasteiger partial charge on any atom is -0.462 e. The molecular formula is C13H18N4O3. The Hall–Kier alpha value is -2.31. The minimum absolute atomic E-state index is 0.221. The van der Waals surface area contributed by atoms with Gasteiger partial charge in [0.15, 0.2) is 5.82 Å². The van der Waals surface area contributed by atoms with Gasteiger partial charge in [-0.15, -0.1) is 0 Å². The largest absolute Gasteiger partial charge is 0.462 e. The van der Waals surface area contributed by atoms with Gasteiger partial charge in [-0.2, -0.15) is 0 Å². The number of primary amides is 1. The fraction of sp³-hybridized carbons (Fsp3) is 0.462. The normalized spacial score (nSPS) is 18.1. The lowest BCUT2D eigenvalue weighted by Crippen LogP contribution is -2.41. The summed E-state index contributed by atoms with van der Waals surface area (Å²) in [4.78, 5) is 29.2. The number of anilines is 2. The first-order valence-corrected chi connectivity index (χ1v) is 6.53. The van der Waals surface area contributed by atoms with Crippen molar-refractivity contribution in [3.05, 3.63) is 17.8 Å². The maximum absolute atomic E-state index is 11.8. The summed E-state index contributed by atoms with van der Waals surface area (Å²) in [6, 6.07) is 1.08. The molecule has 1 aliphatic heterocycles. The second-order valence-corrected chi connectivity index (χ2v) is 4.57. The zero-order valence-corrected chi connectivity index (χ0v) is 11.3. The number of aromatic nitrogens is 1. The van der Waals surface area contributed by atoms with Crippen molar-refractivity contribution in [3.8, 4) is 0 Å². The highest BCUT2D eigenvalue weighted by atomic mass is 16.5. The average Bonchev–Trinajstić information content (AvgIpc) is 2.88. The molecule has 7 heteroatoms. The number of amides is 1. The number of pyridine rings is 1. The van der Waals surface area contributed by atoms with Crippen LogP contribution in [0.1, 0.15) is 30.1 Å². The predicted molar refractivity (Wildman–Crippen MR) is 74.2 cm³/mol. The molecule has 4 N–H and O–H groups in total. The van der Waals surface area contributed by atoms with Gasteiger partial charge in [-0.05, 0) is 25.8 Å². The van der Waals surface area contributed by atoms with Crippen LogP contribution in [-0.2, 0) is 9.53 Å². The molecule has 1 atom stereocenters. The molecule has 0 radical (unpaired) electrons. The predicted octanol–water partition coefficient (Wildman–Crippen LogP) is 0.295. The fourth-order valence-corrected chi connectivity index (χ4v) is 2.39. The molecule has 0 aromatic carbocycles. The van der Waals surface area contributed by atoms with Crippen molar-refractivity contribution in [3.63, 3.8) is 0 Å². The highest BCUT2D eigenvalue weighted by molar-refractivity contribution is 5.98. The second kappa shape index (κ2) is 5.77. The molecule has 1 aliphatic rings. The number of ether oxygens (including phenoxy) is 1. The number of hydrogen-bond donors (Lipinski definition) is 2. The first-order valence-electron chi connectivity index (χ1n) is 6.53. The lowest BCUT2D eigenvalue weighted by molar-refractivity contribution is -0.119. The van der Waals surface area contributed by atoms with Gasteiger partial charge in [-0.3, -0.25) is 4.79 Å². The first kappa shape index (κ1) is 14.1. The Morgan fingerprint density at radius 2 is 2.30 bits per heavy atom. The zero-order valence-electron chi connectivity index (χ0n) is 11.3. The van der Waals surface area contributed by atoms with Crippen LogP contribution in [0.15, 0.2) is 12.3 Å². The first-order chi connectivity index (χ1) is 9.56. The van der Waals surface area contributed by atoms with Gasteiger partial charge in [-0.1, -0.05) is 0 Å². The zero-order chi connectivity index (χ0) is 14.7. The number of hydrogen-bond acceptors (Lipinski definition) is 6. The summed E-state index contributed by atoms with van der Waals surface area (Å²) in [5, 5.41) is 0. The maximum atomic E-state index is 11.8. The standard InChI is InChI=1S/C13H18N4O3/c1-2-20-13(19)8-5-6-16-12(10(8)14)17-7-3-4-9(17)11(15)18/h5-6,9H,2-4,7,14H2,1H3,(H2,15,18). The van der Waals surface area contributed by atoms with Crippen LogP contribution in [0.5, 0.6) is 0 Å². The van der Waals surface area contributed by atoms with Crippen molar-refractivity contribution in [2.75, 3.05) is 23.8 Å². The van der Waals surface area contributed by atoms with Crippen molar-refractivity contribution in [1.29, 1.82) is 0 Å². The van der Waals surface area contributed by atoms with Gasteiger partial charge in [0.05, 0.1) is 17.9 Å². The van der Waals surface area contributed by atoms with Gasteiger partial charge in [0.1, 0.15) is 6.04 Å². The number of nitrogens with two attached hydrogens (primary N) is 2. The molecule has 0 saturated carbocycles. The lowest BCUT2D eigenvalue weighted by atomic mass is 10.2. The van der Waals surface area contributed by atoms with E-state index in [2.05, 4.69) is 4.98 Å². The van der Waals surface area contributed by atoms with E-state index in [0.29, 0.717) is 18.8 Å². The van der Waals surface area contributed by atoms with E-state index in [-0.39, 0.29) is 17.9 Å². The van der Waals surface area contributed by atoms with Crippen molar-refractivity contribution in [1.82, 2.24) is 4.98 Å². The van der Waals surface area contributed by atoms with Gasteiger partial charge in [0.25, 0.3) is 0 Å². The third kappa shape index (κ3) is 2.52. The van der Waals surface area contributed by atoms with Crippen LogP contribution in [0, 0.1) is 0 Å². The Kier molecular flexibility index (Phi) is 4.07. The highest BCUT2D eigenvalue weighted by Crippen LogP contribution is 2.30. The van der Waals surface area contributed by atoms with Crippen LogP contribution in [-0.4, -0.2) is 36.1 Å². The molecule has 0 aliphatic carbocycles. The van der Waals surface area contributed by atoms with Crippen molar-refractivity contribution < 1.29 is 14.3 Å². The van der Waals surface area contributed by atoms with E-state index >= 15 is 0 Å². The summed E-state index contributed by atoms with van der Waals surface area (Å²) in [5.41, 5.74) is 11.9. The molecule has 1 aromatic heterocycles. The van der Waals surface area contributed by atoms with E-state index in [4.69, 9.17) is 16.2 Å². The molecule has 2 rings (SSSR count). The molecule has 20 heavy (non-hydrogen) atoms. The number of carbonyl (C=O) groups excluding carboxylic acids is 2. The molecule has 108 valence electrons. The number of nitrogens with zero attached hydrogens (tertiary/aromatic N) is 2. The van der Waals surface area contributed by atoms with Crippen molar-refractivity contribution >= 4 is 23.4 Å². The SMILES string of the molecule is CCOC(=O)c1ccnc(N2CCCC2C(N)=O)c1N. The van der Waals surface area contributed by atoms with E-state index in [1.54, 1.807) is 11.8 Å². The van der Waals surface area contributed by atoms with Crippen molar-refractivity contribution in [2.24, 2.45) is 5.73 Å². The molecule has 1 aromatic rings. The monoisotopic (exact) mass is 278 g/mol. The summed E-state index contributed by atoms with van der Waals surface area (Å²) < 4.78 is 4.94. The van der Waals surface area contributed by atoms with Crippen LogP contribution in [0.3, 0.4) is 0 Å². The summed E-state index contributed by atoms with van der Waals surface area (Å²) in [5.74, 6) is -0.495. The maximum Gasteiger partial charge on any atom is 0.340 e. The Bertz CT molecular complexity index is 532. The number of carbonyl (C=O) groups is 2. The van der Waals surface area contributed by atoms with E-state index in [0.717, 1.165) is 6.42 Å². The molecule has 1 fully saturated rings. The fourth-order valence-electron chi connectivity index (χ4n) is 2.39. The quantitative estimate of drug-likeness (QED) is 0.766. The average molecular weight is 278 g/mol. The van der Waals surface area contributed by atoms with E-state index in [9.17, 15) is 9.59 Å². The molecule has 1 amide bonds. The van der Waals surface area contributed by atoms with Crippen LogP contribution >= 0.6 is 0 Å². The van der Waals surface area contributed by atoms with Gasteiger partial charge in [-0.25, -0.2) is 9.78 Å². The van der Waals surface area contributed by atoms with Crippen LogP contribution in [0.25, 0.3) is 0 Å². The Morgan fingerprint density at radius 1 is 1.55 bits per heavy atom. The summed E-state index contributed by atoms with van der Waals surface area (Å²) in [7, 11) is 0. The van der Waals surface area contributed by atoms with Gasteiger partial charge < -0.3 is 21.1 Å². The summed E-state index contributed by atoms with van der Waals surface area (Å²) in [6.45, 7) is 2.63. The second-order valence-electron chi connectivity index (χ2n) is 4.57. The smallest absolute Gasteiger partial charge is 0.340 e. The number of esters is 1. The Balaban J connectivity index is 2.35. The number of rotatable bonds is 4. The third-order valence-electron chi connectivity index (χ3n) is 3.32. The molecule has 0 spiro atoms. The lowest BCUT2D eigenvalue weighted by Gasteiger charge is -2.25. The van der Waals surface area contributed by atoms with Crippen LogP contribution in [0.2, 0.25) is 0 Å². The molecule has 1 unspecified atom stereocenters. The highest BCUT2D eigenvalue weighted by Gasteiger charge is 2.32. The topological polar surface area (TPSA) is 112 Å². The Morgan fingerprint density at radius 3 is 2.95 bits per heavy atom. The third-order valence-corrected chi connectivity index (χ3v) is 3.32. The van der Waals surface area contributed by atoms with E-state index in [1.807, 2.05) is 0 Å². The van der Waals surface area contributed by atoms with E-state index in [1.165, 1.54) is 12.3 Å². The number of nitrogen functional groups attached to an aromatic ring is 1. The molecule has 0 bridgehead atoms. The van der Waals surface area contributed by atoms with Crippen LogP contribution < -0.4 is 16.4 Å². The van der Waals surface area contributed by atoms with Crippen LogP contribution in [0.4, 0.5) is 11.5 Å². The summed E-state index contributed by atoms with van der Waals surface area (Å²) in [6.07, 6.45) is 2.98. The summed E-state index contributed by atoms with van der Waals surface area (Å²) >= 11 is 0. The molecule has 7 nitrogen and oxygen atoms in total. The molecule has 1 saturated heterocycles. The minimum atomic E-state index is -0.497. The Labute approximate surface area is 116 Å². The van der Waals surface area contributed by atoms with Gasteiger partial charge in [0, 0.05) is 12.7 Å².